The van der Waals surface area contributed by atoms with E-state index in [0.29, 0.717) is 12.6 Å². The minimum atomic E-state index is 0. The molecule has 3 rings (SSSR count). The Morgan fingerprint density at radius 1 is 1.35 bits per heavy atom. The summed E-state index contributed by atoms with van der Waals surface area (Å²) < 4.78 is 12.3. The Morgan fingerprint density at radius 3 is 2.88 bits per heavy atom. The second-order valence-corrected chi connectivity index (χ2v) is 7.23. The average molecular weight is 539 g/mol. The number of benzene rings is 1. The van der Waals surface area contributed by atoms with E-state index in [1.54, 1.807) is 0 Å². The van der Waals surface area contributed by atoms with Crippen LogP contribution in [0.25, 0.3) is 0 Å². The lowest BCUT2D eigenvalue weighted by Crippen LogP contribution is -2.47. The molecule has 1 unspecified atom stereocenters. The minimum absolute atomic E-state index is 0. The van der Waals surface area contributed by atoms with Gasteiger partial charge >= 0.3 is 0 Å². The zero-order valence-electron chi connectivity index (χ0n) is 15.2. The molecule has 0 aliphatic carbocycles. The molecule has 1 N–H and O–H groups in total. The molecular weight excluding hydrogens is 511 g/mol. The van der Waals surface area contributed by atoms with Gasteiger partial charge in [0.2, 0.25) is 0 Å². The largest absolute Gasteiger partial charge is 0.492 e. The van der Waals surface area contributed by atoms with E-state index in [-0.39, 0.29) is 24.0 Å². The van der Waals surface area contributed by atoms with Crippen LogP contribution in [-0.2, 0) is 4.74 Å². The highest BCUT2D eigenvalue weighted by Crippen LogP contribution is 2.18. The molecule has 2 fully saturated rings. The number of likely N-dealkylation sites (tertiary alicyclic amines) is 1. The van der Waals surface area contributed by atoms with Gasteiger partial charge in [0.1, 0.15) is 12.4 Å². The number of hydrogen-bond acceptors (Lipinski definition) is 4. The molecule has 2 heterocycles. The number of morpholine rings is 1. The highest BCUT2D eigenvalue weighted by Gasteiger charge is 2.30. The van der Waals surface area contributed by atoms with Crippen LogP contribution < -0.4 is 10.1 Å². The zero-order chi connectivity index (χ0) is 17.5. The Morgan fingerprint density at radius 2 is 2.15 bits per heavy atom. The minimum Gasteiger partial charge on any atom is -0.492 e. The summed E-state index contributed by atoms with van der Waals surface area (Å²) >= 11 is 3.46. The molecule has 0 spiro atoms. The maximum atomic E-state index is 5.77. The van der Waals surface area contributed by atoms with Crippen LogP contribution >= 0.6 is 39.9 Å². The smallest absolute Gasteiger partial charge is 0.193 e. The van der Waals surface area contributed by atoms with E-state index >= 15 is 0 Å². The molecule has 146 valence electrons. The first-order valence-corrected chi connectivity index (χ1v) is 9.71. The number of aliphatic imine (C=N–C) groups is 1. The van der Waals surface area contributed by atoms with Gasteiger partial charge in [-0.3, -0.25) is 9.89 Å². The number of hydrogen-bond donors (Lipinski definition) is 1. The molecule has 2 aliphatic rings. The van der Waals surface area contributed by atoms with Gasteiger partial charge in [0.25, 0.3) is 0 Å². The molecule has 1 aromatic carbocycles. The molecule has 1 atom stereocenters. The van der Waals surface area contributed by atoms with E-state index in [9.17, 15) is 0 Å². The predicted molar refractivity (Wildman–Crippen MR) is 119 cm³/mol. The van der Waals surface area contributed by atoms with E-state index in [1.165, 1.54) is 6.42 Å². The van der Waals surface area contributed by atoms with Crippen LogP contribution in [0.2, 0.25) is 0 Å². The number of ether oxygens (including phenoxy) is 2. The lowest BCUT2D eigenvalue weighted by Gasteiger charge is -2.32. The van der Waals surface area contributed by atoms with Crippen molar-refractivity contribution in [1.29, 1.82) is 0 Å². The van der Waals surface area contributed by atoms with Crippen molar-refractivity contribution in [2.24, 2.45) is 4.99 Å². The van der Waals surface area contributed by atoms with Crippen LogP contribution in [0.3, 0.4) is 0 Å². The second-order valence-electron chi connectivity index (χ2n) is 6.32. The van der Waals surface area contributed by atoms with Crippen molar-refractivity contribution >= 4 is 45.9 Å². The third-order valence-corrected chi connectivity index (χ3v) is 5.18. The molecule has 1 aromatic rings. The number of rotatable bonds is 5. The number of guanidine groups is 1. The molecule has 0 aromatic heterocycles. The van der Waals surface area contributed by atoms with Crippen molar-refractivity contribution in [3.05, 3.63) is 28.7 Å². The highest BCUT2D eigenvalue weighted by molar-refractivity contribution is 14.0. The average Bonchev–Trinajstić information content (AvgIpc) is 3.12. The van der Waals surface area contributed by atoms with Gasteiger partial charge in [0, 0.05) is 43.7 Å². The fourth-order valence-electron chi connectivity index (χ4n) is 3.40. The fraction of sp³-hybridized carbons (Fsp3) is 0.611. The summed E-state index contributed by atoms with van der Waals surface area (Å²) in [4.78, 5) is 9.33. The van der Waals surface area contributed by atoms with Crippen LogP contribution in [0.4, 0.5) is 0 Å². The standard InChI is InChI=1S/C18H27BrN4O2.HI/c1-20-18(21-6-10-25-17-4-2-3-15(19)13-17)23-7-5-16(14-23)22-8-11-24-12-9-22;/h2-4,13,16H,5-12,14H2,1H3,(H,20,21);1H. The van der Waals surface area contributed by atoms with E-state index in [1.807, 2.05) is 31.3 Å². The normalized spacial score (nSPS) is 21.4. The number of nitrogens with one attached hydrogen (secondary N) is 1. The topological polar surface area (TPSA) is 49.3 Å². The van der Waals surface area contributed by atoms with Gasteiger partial charge in [0.05, 0.1) is 19.8 Å². The Balaban J connectivity index is 0.00000243. The maximum absolute atomic E-state index is 5.77. The SMILES string of the molecule is CN=C(NCCOc1cccc(Br)c1)N1CCC(N2CCOCC2)C1.I. The Labute approximate surface area is 181 Å². The Hall–Kier alpha value is -0.580. The van der Waals surface area contributed by atoms with Gasteiger partial charge in [-0.25, -0.2) is 0 Å². The van der Waals surface area contributed by atoms with Crippen LogP contribution in [-0.4, -0.2) is 81.4 Å². The van der Waals surface area contributed by atoms with Crippen molar-refractivity contribution < 1.29 is 9.47 Å². The first-order chi connectivity index (χ1) is 12.3. The third-order valence-electron chi connectivity index (χ3n) is 4.69. The number of halogens is 2. The molecule has 0 bridgehead atoms. The monoisotopic (exact) mass is 538 g/mol. The van der Waals surface area contributed by atoms with Gasteiger partial charge in [0.15, 0.2) is 5.96 Å². The van der Waals surface area contributed by atoms with E-state index < -0.39 is 0 Å². The maximum Gasteiger partial charge on any atom is 0.193 e. The molecule has 0 amide bonds. The molecular formula is C18H28BrIN4O2. The lowest BCUT2D eigenvalue weighted by atomic mass is 10.2. The van der Waals surface area contributed by atoms with Crippen molar-refractivity contribution in [3.63, 3.8) is 0 Å². The summed E-state index contributed by atoms with van der Waals surface area (Å²) in [6, 6.07) is 8.52. The van der Waals surface area contributed by atoms with Gasteiger partial charge in [-0.15, -0.1) is 24.0 Å². The van der Waals surface area contributed by atoms with Crippen molar-refractivity contribution in [2.45, 2.75) is 12.5 Å². The Bertz CT molecular complexity index is 584. The molecule has 26 heavy (non-hydrogen) atoms. The summed E-state index contributed by atoms with van der Waals surface area (Å²) in [5, 5.41) is 3.42. The third kappa shape index (κ3) is 6.24. The summed E-state index contributed by atoms with van der Waals surface area (Å²) in [7, 11) is 1.85. The van der Waals surface area contributed by atoms with E-state index in [2.05, 4.69) is 36.0 Å². The molecule has 0 saturated carbocycles. The van der Waals surface area contributed by atoms with Crippen molar-refractivity contribution in [1.82, 2.24) is 15.1 Å². The van der Waals surface area contributed by atoms with Gasteiger partial charge in [-0.05, 0) is 24.6 Å². The summed E-state index contributed by atoms with van der Waals surface area (Å²) in [6.45, 7) is 7.23. The summed E-state index contributed by atoms with van der Waals surface area (Å²) in [5.74, 6) is 1.84. The van der Waals surface area contributed by atoms with Crippen LogP contribution in [0.5, 0.6) is 5.75 Å². The van der Waals surface area contributed by atoms with Gasteiger partial charge in [-0.2, -0.15) is 0 Å². The zero-order valence-corrected chi connectivity index (χ0v) is 19.1. The molecule has 0 radical (unpaired) electrons. The van der Waals surface area contributed by atoms with E-state index in [0.717, 1.165) is 62.1 Å². The summed E-state index contributed by atoms with van der Waals surface area (Å²) in [5.41, 5.74) is 0. The first-order valence-electron chi connectivity index (χ1n) is 8.92. The van der Waals surface area contributed by atoms with Crippen molar-refractivity contribution in [3.8, 4) is 5.75 Å². The van der Waals surface area contributed by atoms with Crippen LogP contribution in [0.15, 0.2) is 33.7 Å². The second kappa shape index (κ2) is 11.3. The van der Waals surface area contributed by atoms with Crippen molar-refractivity contribution in [2.75, 3.05) is 59.6 Å². The van der Waals surface area contributed by atoms with Gasteiger partial charge in [-0.1, -0.05) is 22.0 Å². The molecule has 8 heteroatoms. The van der Waals surface area contributed by atoms with E-state index in [4.69, 9.17) is 9.47 Å². The summed E-state index contributed by atoms with van der Waals surface area (Å²) in [6.07, 6.45) is 1.19. The quantitative estimate of drug-likeness (QED) is 0.270. The highest BCUT2D eigenvalue weighted by atomic mass is 127. The van der Waals surface area contributed by atoms with Gasteiger partial charge < -0.3 is 19.7 Å². The van der Waals surface area contributed by atoms with Crippen LogP contribution in [0.1, 0.15) is 6.42 Å². The van der Waals surface area contributed by atoms with Crippen LogP contribution in [0, 0.1) is 0 Å². The predicted octanol–water partition coefficient (Wildman–Crippen LogP) is 2.43. The fourth-order valence-corrected chi connectivity index (χ4v) is 3.77. The Kier molecular flexibility index (Phi) is 9.44. The first kappa shape index (κ1) is 21.7. The molecule has 2 saturated heterocycles. The lowest BCUT2D eigenvalue weighted by molar-refractivity contribution is 0.0195. The number of nitrogens with zero attached hydrogens (tertiary/aromatic N) is 3. The molecule has 2 aliphatic heterocycles. The molecule has 6 nitrogen and oxygen atoms in total.